The predicted molar refractivity (Wildman–Crippen MR) is 67.6 cm³/mol. The van der Waals surface area contributed by atoms with Gasteiger partial charge in [-0.3, -0.25) is 0 Å². The molecule has 102 valence electrons. The largest absolute Gasteiger partial charge is 0.458 e. The van der Waals surface area contributed by atoms with E-state index in [4.69, 9.17) is 10.5 Å². The molecular formula is C12H26N2O3. The summed E-state index contributed by atoms with van der Waals surface area (Å²) in [7, 11) is 0. The molecule has 0 aliphatic heterocycles. The van der Waals surface area contributed by atoms with Crippen molar-refractivity contribution in [2.75, 3.05) is 13.1 Å². The van der Waals surface area contributed by atoms with Crippen LogP contribution < -0.4 is 11.1 Å². The molecule has 0 aromatic rings. The second-order valence-electron chi connectivity index (χ2n) is 5.21. The summed E-state index contributed by atoms with van der Waals surface area (Å²) in [6.07, 6.45) is 0.173. The lowest BCUT2D eigenvalue weighted by atomic mass is 10.2. The van der Waals surface area contributed by atoms with Crippen LogP contribution in [0.2, 0.25) is 0 Å². The van der Waals surface area contributed by atoms with Gasteiger partial charge in [-0.1, -0.05) is 6.92 Å². The molecule has 4 N–H and O–H groups in total. The summed E-state index contributed by atoms with van der Waals surface area (Å²) in [5.74, 6) is -0.570. The van der Waals surface area contributed by atoms with Crippen LogP contribution in [0.3, 0.4) is 0 Å². The number of hydrogen-bond acceptors (Lipinski definition) is 5. The van der Waals surface area contributed by atoms with E-state index in [1.807, 2.05) is 6.92 Å². The fraction of sp³-hybridized carbons (Fsp3) is 0.917. The van der Waals surface area contributed by atoms with Crippen LogP contribution in [-0.4, -0.2) is 41.9 Å². The smallest absolute Gasteiger partial charge is 0.335 e. The minimum Gasteiger partial charge on any atom is -0.458 e. The number of nitrogens with two attached hydrogens (primary N) is 1. The molecule has 0 fully saturated rings. The highest BCUT2D eigenvalue weighted by atomic mass is 16.6. The van der Waals surface area contributed by atoms with Gasteiger partial charge >= 0.3 is 5.97 Å². The van der Waals surface area contributed by atoms with Crippen molar-refractivity contribution in [3.63, 3.8) is 0 Å². The molecule has 0 bridgehead atoms. The molecule has 0 saturated carbocycles. The standard InChI is InChI=1S/C12H26N2O3/c1-5-9(13)8-14-7-6-10(15)11(16)17-12(2,3)4/h9-10,14-15H,5-8,13H2,1-4H3/t9-,10?/m1/s1. The van der Waals surface area contributed by atoms with Gasteiger partial charge in [0.2, 0.25) is 0 Å². The zero-order chi connectivity index (χ0) is 13.5. The van der Waals surface area contributed by atoms with E-state index >= 15 is 0 Å². The summed E-state index contributed by atoms with van der Waals surface area (Å²) in [4.78, 5) is 11.4. The summed E-state index contributed by atoms with van der Waals surface area (Å²) in [5.41, 5.74) is 5.16. The van der Waals surface area contributed by atoms with Gasteiger partial charge in [0.1, 0.15) is 5.60 Å². The number of carbonyl (C=O) groups excluding carboxylic acids is 1. The van der Waals surface area contributed by atoms with Crippen molar-refractivity contribution >= 4 is 5.97 Å². The van der Waals surface area contributed by atoms with Gasteiger partial charge in [-0.25, -0.2) is 4.79 Å². The summed E-state index contributed by atoms with van der Waals surface area (Å²) in [5, 5.41) is 12.6. The number of aliphatic hydroxyl groups is 1. The molecule has 0 heterocycles. The molecule has 5 heteroatoms. The van der Waals surface area contributed by atoms with E-state index in [-0.39, 0.29) is 6.04 Å². The monoisotopic (exact) mass is 246 g/mol. The molecule has 0 aliphatic carbocycles. The molecule has 2 atom stereocenters. The highest BCUT2D eigenvalue weighted by molar-refractivity contribution is 5.74. The Labute approximate surface area is 104 Å². The van der Waals surface area contributed by atoms with Crippen LogP contribution in [0.4, 0.5) is 0 Å². The number of ether oxygens (including phenoxy) is 1. The zero-order valence-corrected chi connectivity index (χ0v) is 11.3. The average Bonchev–Trinajstić information content (AvgIpc) is 2.21. The fourth-order valence-corrected chi connectivity index (χ4v) is 1.16. The molecule has 5 nitrogen and oxygen atoms in total. The van der Waals surface area contributed by atoms with Crippen LogP contribution in [0.25, 0.3) is 0 Å². The summed E-state index contributed by atoms with van der Waals surface area (Å²) in [6.45, 7) is 8.58. The highest BCUT2D eigenvalue weighted by Crippen LogP contribution is 2.09. The second kappa shape index (κ2) is 7.63. The van der Waals surface area contributed by atoms with Gasteiger partial charge in [0.25, 0.3) is 0 Å². The van der Waals surface area contributed by atoms with Crippen molar-refractivity contribution < 1.29 is 14.6 Å². The lowest BCUT2D eigenvalue weighted by Gasteiger charge is -2.21. The maximum atomic E-state index is 11.4. The van der Waals surface area contributed by atoms with E-state index in [2.05, 4.69) is 5.32 Å². The molecule has 0 aromatic carbocycles. The molecule has 1 unspecified atom stereocenters. The van der Waals surface area contributed by atoms with Crippen molar-refractivity contribution in [2.45, 2.75) is 58.3 Å². The van der Waals surface area contributed by atoms with Crippen LogP contribution in [0, 0.1) is 0 Å². The van der Waals surface area contributed by atoms with Crippen molar-refractivity contribution in [2.24, 2.45) is 5.73 Å². The molecule has 0 radical (unpaired) electrons. The fourth-order valence-electron chi connectivity index (χ4n) is 1.16. The van der Waals surface area contributed by atoms with Gasteiger partial charge in [-0.15, -0.1) is 0 Å². The summed E-state index contributed by atoms with van der Waals surface area (Å²) < 4.78 is 5.06. The lowest BCUT2D eigenvalue weighted by molar-refractivity contribution is -0.165. The summed E-state index contributed by atoms with van der Waals surface area (Å²) >= 11 is 0. The number of carbonyl (C=O) groups is 1. The molecule has 0 aliphatic rings. The molecule has 17 heavy (non-hydrogen) atoms. The third-order valence-corrected chi connectivity index (χ3v) is 2.20. The molecule has 0 spiro atoms. The van der Waals surface area contributed by atoms with Gasteiger partial charge in [0.15, 0.2) is 6.10 Å². The summed E-state index contributed by atoms with van der Waals surface area (Å²) in [6, 6.07) is 0.119. The Morgan fingerprint density at radius 2 is 2.06 bits per heavy atom. The van der Waals surface area contributed by atoms with Crippen LogP contribution in [-0.2, 0) is 9.53 Å². The Hall–Kier alpha value is -0.650. The van der Waals surface area contributed by atoms with Crippen LogP contribution >= 0.6 is 0 Å². The van der Waals surface area contributed by atoms with Crippen molar-refractivity contribution in [3.05, 3.63) is 0 Å². The van der Waals surface area contributed by atoms with Gasteiger partial charge in [0.05, 0.1) is 0 Å². The SMILES string of the molecule is CC[C@@H](N)CNCCC(O)C(=O)OC(C)(C)C. The topological polar surface area (TPSA) is 84.6 Å². The lowest BCUT2D eigenvalue weighted by Crippen LogP contribution is -2.37. The Balaban J connectivity index is 3.72. The van der Waals surface area contributed by atoms with Crippen LogP contribution in [0.5, 0.6) is 0 Å². The second-order valence-corrected chi connectivity index (χ2v) is 5.21. The van der Waals surface area contributed by atoms with Crippen molar-refractivity contribution in [1.82, 2.24) is 5.32 Å². The predicted octanol–water partition coefficient (Wildman–Crippen LogP) is 0.406. The number of hydrogen-bond donors (Lipinski definition) is 3. The van der Waals surface area contributed by atoms with E-state index in [0.717, 1.165) is 6.42 Å². The molecular weight excluding hydrogens is 220 g/mol. The first kappa shape index (κ1) is 16.4. The van der Waals surface area contributed by atoms with E-state index in [1.165, 1.54) is 0 Å². The average molecular weight is 246 g/mol. The molecule has 0 aromatic heterocycles. The Bertz CT molecular complexity index is 226. The van der Waals surface area contributed by atoms with Gasteiger partial charge in [0, 0.05) is 12.6 Å². The van der Waals surface area contributed by atoms with Crippen molar-refractivity contribution in [1.29, 1.82) is 0 Å². The zero-order valence-electron chi connectivity index (χ0n) is 11.3. The van der Waals surface area contributed by atoms with Crippen LogP contribution in [0.1, 0.15) is 40.5 Å². The number of rotatable bonds is 7. The Morgan fingerprint density at radius 3 is 2.53 bits per heavy atom. The Morgan fingerprint density at radius 1 is 1.47 bits per heavy atom. The van der Waals surface area contributed by atoms with Gasteiger partial charge in [-0.05, 0) is 40.2 Å². The maximum absolute atomic E-state index is 11.4. The minimum absolute atomic E-state index is 0.119. The van der Waals surface area contributed by atoms with Crippen molar-refractivity contribution in [3.8, 4) is 0 Å². The van der Waals surface area contributed by atoms with Gasteiger partial charge in [-0.2, -0.15) is 0 Å². The third-order valence-electron chi connectivity index (χ3n) is 2.20. The first-order valence-corrected chi connectivity index (χ1v) is 6.13. The minimum atomic E-state index is -1.07. The number of esters is 1. The molecule has 0 saturated heterocycles. The van der Waals surface area contributed by atoms with E-state index < -0.39 is 17.7 Å². The maximum Gasteiger partial charge on any atom is 0.335 e. The normalized spacial score (nSPS) is 15.4. The van der Waals surface area contributed by atoms with Gasteiger partial charge < -0.3 is 20.9 Å². The van der Waals surface area contributed by atoms with E-state index in [1.54, 1.807) is 20.8 Å². The number of nitrogens with one attached hydrogen (secondary N) is 1. The highest BCUT2D eigenvalue weighted by Gasteiger charge is 2.22. The Kier molecular flexibility index (Phi) is 7.34. The first-order valence-electron chi connectivity index (χ1n) is 6.13. The van der Waals surface area contributed by atoms with E-state index in [0.29, 0.717) is 19.5 Å². The first-order chi connectivity index (χ1) is 7.76. The molecule has 0 amide bonds. The van der Waals surface area contributed by atoms with Crippen LogP contribution in [0.15, 0.2) is 0 Å². The quantitative estimate of drug-likeness (QED) is 0.447. The molecule has 0 rings (SSSR count). The number of aliphatic hydroxyl groups excluding tert-OH is 1. The van der Waals surface area contributed by atoms with E-state index in [9.17, 15) is 9.90 Å². The third kappa shape index (κ3) is 9.09.